The van der Waals surface area contributed by atoms with Gasteiger partial charge in [0.2, 0.25) is 11.8 Å². The average molecular weight is 451 g/mol. The summed E-state index contributed by atoms with van der Waals surface area (Å²) in [6.07, 6.45) is 3.26. The second-order valence-corrected chi connectivity index (χ2v) is 8.82. The van der Waals surface area contributed by atoms with E-state index in [1.54, 1.807) is 18.2 Å². The third-order valence-electron chi connectivity index (χ3n) is 4.47. The summed E-state index contributed by atoms with van der Waals surface area (Å²) in [4.78, 5) is 25.7. The van der Waals surface area contributed by atoms with Gasteiger partial charge >= 0.3 is 0 Å². The van der Waals surface area contributed by atoms with Crippen LogP contribution in [0.3, 0.4) is 0 Å². The zero-order chi connectivity index (χ0) is 22.2. The maximum Gasteiger partial charge on any atom is 0.248 e. The number of hydrogen-bond donors (Lipinski definition) is 2. The number of halogens is 1. The average Bonchev–Trinajstić information content (AvgIpc) is 2.76. The Morgan fingerprint density at radius 2 is 1.74 bits per heavy atom. The van der Waals surface area contributed by atoms with Gasteiger partial charge in [-0.15, -0.1) is 11.8 Å². The molecule has 0 heterocycles. The van der Waals surface area contributed by atoms with Crippen molar-refractivity contribution in [2.45, 2.75) is 24.0 Å². The third-order valence-corrected chi connectivity index (χ3v) is 5.80. The molecule has 2 N–H and O–H groups in total. The molecule has 3 aromatic carbocycles. The molecule has 6 heteroatoms. The van der Waals surface area contributed by atoms with Crippen LogP contribution in [0.25, 0.3) is 6.08 Å². The van der Waals surface area contributed by atoms with Crippen molar-refractivity contribution in [2.75, 3.05) is 10.6 Å². The van der Waals surface area contributed by atoms with E-state index in [0.29, 0.717) is 16.4 Å². The fourth-order valence-electron chi connectivity index (χ4n) is 2.79. The molecule has 0 saturated heterocycles. The fraction of sp³-hybridized carbons (Fsp3) is 0.120. The van der Waals surface area contributed by atoms with Crippen LogP contribution in [0.15, 0.2) is 83.8 Å². The Hall–Kier alpha value is -3.02. The molecule has 1 atom stereocenters. The Morgan fingerprint density at radius 3 is 2.52 bits per heavy atom. The maximum absolute atomic E-state index is 12.6. The number of hydrogen-bond acceptors (Lipinski definition) is 3. The van der Waals surface area contributed by atoms with E-state index < -0.39 is 0 Å². The lowest BCUT2D eigenvalue weighted by molar-refractivity contribution is -0.115. The highest BCUT2D eigenvalue weighted by atomic mass is 35.5. The predicted octanol–water partition coefficient (Wildman–Crippen LogP) is 6.42. The minimum atomic E-state index is -0.331. The van der Waals surface area contributed by atoms with Gasteiger partial charge in [-0.3, -0.25) is 9.59 Å². The van der Waals surface area contributed by atoms with Gasteiger partial charge in [0.25, 0.3) is 0 Å². The van der Waals surface area contributed by atoms with Gasteiger partial charge in [0.15, 0.2) is 0 Å². The number of carbonyl (C=O) groups is 2. The SMILES string of the molecule is Cc1ccc(Cl)cc1NC(=O)C(C)Sc1cccc(NC(=O)/C=C/c2ccccc2)c1. The van der Waals surface area contributed by atoms with Gasteiger partial charge in [0.05, 0.1) is 5.25 Å². The van der Waals surface area contributed by atoms with Gasteiger partial charge in [0, 0.05) is 27.4 Å². The summed E-state index contributed by atoms with van der Waals surface area (Å²) >= 11 is 7.45. The predicted molar refractivity (Wildman–Crippen MR) is 131 cm³/mol. The summed E-state index contributed by atoms with van der Waals surface area (Å²) in [5, 5.41) is 6.03. The van der Waals surface area contributed by atoms with E-state index in [9.17, 15) is 9.59 Å². The van der Waals surface area contributed by atoms with Crippen molar-refractivity contribution in [1.29, 1.82) is 0 Å². The van der Waals surface area contributed by atoms with Crippen LogP contribution in [0, 0.1) is 6.92 Å². The van der Waals surface area contributed by atoms with Crippen LogP contribution in [-0.2, 0) is 9.59 Å². The number of anilines is 2. The van der Waals surface area contributed by atoms with E-state index in [-0.39, 0.29) is 17.1 Å². The molecule has 3 aromatic rings. The van der Waals surface area contributed by atoms with Gasteiger partial charge in [-0.25, -0.2) is 0 Å². The Bertz CT molecular complexity index is 1100. The number of aryl methyl sites for hydroxylation is 1. The molecule has 0 spiro atoms. The first-order valence-corrected chi connectivity index (χ1v) is 11.0. The van der Waals surface area contributed by atoms with Crippen LogP contribution in [-0.4, -0.2) is 17.1 Å². The van der Waals surface area contributed by atoms with Gasteiger partial charge in [0.1, 0.15) is 0 Å². The van der Waals surface area contributed by atoms with E-state index in [4.69, 9.17) is 11.6 Å². The molecule has 0 bridgehead atoms. The topological polar surface area (TPSA) is 58.2 Å². The van der Waals surface area contributed by atoms with Crippen molar-refractivity contribution in [1.82, 2.24) is 0 Å². The Kier molecular flexibility index (Phi) is 7.93. The number of benzene rings is 3. The van der Waals surface area contributed by atoms with Crippen LogP contribution >= 0.6 is 23.4 Å². The smallest absolute Gasteiger partial charge is 0.248 e. The molecule has 0 saturated carbocycles. The molecule has 0 fully saturated rings. The number of carbonyl (C=O) groups excluding carboxylic acids is 2. The molecule has 0 radical (unpaired) electrons. The van der Waals surface area contributed by atoms with E-state index in [2.05, 4.69) is 10.6 Å². The summed E-state index contributed by atoms with van der Waals surface area (Å²) in [6.45, 7) is 3.76. The fourth-order valence-corrected chi connectivity index (χ4v) is 3.89. The van der Waals surface area contributed by atoms with Gasteiger partial charge in [-0.05, 0) is 61.4 Å². The molecule has 0 aliphatic carbocycles. The lowest BCUT2D eigenvalue weighted by atomic mass is 10.2. The summed E-state index contributed by atoms with van der Waals surface area (Å²) < 4.78 is 0. The van der Waals surface area contributed by atoms with Crippen LogP contribution in [0.5, 0.6) is 0 Å². The summed E-state index contributed by atoms with van der Waals surface area (Å²) in [6, 6.07) is 22.5. The second kappa shape index (κ2) is 10.8. The van der Waals surface area contributed by atoms with Crippen molar-refractivity contribution >= 4 is 52.6 Å². The Labute approximate surface area is 191 Å². The zero-order valence-electron chi connectivity index (χ0n) is 17.3. The highest BCUT2D eigenvalue weighted by molar-refractivity contribution is 8.00. The normalized spacial score (nSPS) is 11.8. The van der Waals surface area contributed by atoms with Gasteiger partial charge < -0.3 is 10.6 Å². The number of amides is 2. The van der Waals surface area contributed by atoms with Crippen LogP contribution in [0.1, 0.15) is 18.1 Å². The first-order valence-electron chi connectivity index (χ1n) is 9.78. The van der Waals surface area contributed by atoms with E-state index in [1.807, 2.05) is 74.5 Å². The summed E-state index contributed by atoms with van der Waals surface area (Å²) in [5.41, 5.74) is 3.28. The zero-order valence-corrected chi connectivity index (χ0v) is 18.8. The van der Waals surface area contributed by atoms with Crippen LogP contribution in [0.2, 0.25) is 5.02 Å². The van der Waals surface area contributed by atoms with Crippen molar-refractivity contribution in [2.24, 2.45) is 0 Å². The molecule has 3 rings (SSSR count). The maximum atomic E-state index is 12.6. The van der Waals surface area contributed by atoms with Crippen LogP contribution in [0.4, 0.5) is 11.4 Å². The van der Waals surface area contributed by atoms with Gasteiger partial charge in [-0.1, -0.05) is 54.1 Å². The van der Waals surface area contributed by atoms with E-state index in [0.717, 1.165) is 16.0 Å². The van der Waals surface area contributed by atoms with E-state index >= 15 is 0 Å². The van der Waals surface area contributed by atoms with Crippen molar-refractivity contribution < 1.29 is 9.59 Å². The van der Waals surface area contributed by atoms with Gasteiger partial charge in [-0.2, -0.15) is 0 Å². The lowest BCUT2D eigenvalue weighted by Gasteiger charge is -2.14. The number of rotatable bonds is 7. The van der Waals surface area contributed by atoms with Crippen molar-refractivity contribution in [3.8, 4) is 0 Å². The molecule has 0 aliphatic rings. The largest absolute Gasteiger partial charge is 0.325 e. The first kappa shape index (κ1) is 22.7. The van der Waals surface area contributed by atoms with Crippen molar-refractivity contribution in [3.05, 3.63) is 95.0 Å². The lowest BCUT2D eigenvalue weighted by Crippen LogP contribution is -2.22. The van der Waals surface area contributed by atoms with Crippen molar-refractivity contribution in [3.63, 3.8) is 0 Å². The minimum absolute atomic E-state index is 0.115. The quantitative estimate of drug-likeness (QED) is 0.322. The Morgan fingerprint density at radius 1 is 0.968 bits per heavy atom. The number of nitrogens with one attached hydrogen (secondary N) is 2. The molecule has 0 aliphatic heterocycles. The molecule has 0 aromatic heterocycles. The standard InChI is InChI=1S/C25H23ClN2O2S/c1-17-11-13-20(26)15-23(17)28-25(30)18(2)31-22-10-6-9-21(16-22)27-24(29)14-12-19-7-4-3-5-8-19/h3-16,18H,1-2H3,(H,27,29)(H,28,30)/b14-12+. The third kappa shape index (κ3) is 7.02. The minimum Gasteiger partial charge on any atom is -0.325 e. The monoisotopic (exact) mass is 450 g/mol. The molecule has 4 nitrogen and oxygen atoms in total. The molecule has 158 valence electrons. The number of thioether (sulfide) groups is 1. The molecular formula is C25H23ClN2O2S. The Balaban J connectivity index is 1.59. The molecule has 1 unspecified atom stereocenters. The summed E-state index contributed by atoms with van der Waals surface area (Å²) in [5.74, 6) is -0.330. The highest BCUT2D eigenvalue weighted by Crippen LogP contribution is 2.27. The molecule has 2 amide bonds. The summed E-state index contributed by atoms with van der Waals surface area (Å²) in [7, 11) is 0. The molecular weight excluding hydrogens is 428 g/mol. The van der Waals surface area contributed by atoms with Crippen LogP contribution < -0.4 is 10.6 Å². The second-order valence-electron chi connectivity index (χ2n) is 6.97. The first-order chi connectivity index (χ1) is 14.9. The molecule has 31 heavy (non-hydrogen) atoms. The van der Waals surface area contributed by atoms with E-state index in [1.165, 1.54) is 17.8 Å². The highest BCUT2D eigenvalue weighted by Gasteiger charge is 2.16.